The van der Waals surface area contributed by atoms with Crippen LogP contribution in [0.25, 0.3) is 0 Å². The molecular formula is C11H13Cl2N. The van der Waals surface area contributed by atoms with Crippen LogP contribution in [-0.4, -0.2) is 4.63 Å². The molecule has 0 saturated carbocycles. The van der Waals surface area contributed by atoms with Gasteiger partial charge in [0.1, 0.15) is 0 Å². The van der Waals surface area contributed by atoms with E-state index in [2.05, 4.69) is 25.8 Å². The van der Waals surface area contributed by atoms with Crippen molar-refractivity contribution in [3.8, 4) is 0 Å². The van der Waals surface area contributed by atoms with Gasteiger partial charge in [0.05, 0.1) is 5.69 Å². The molecule has 14 heavy (non-hydrogen) atoms. The van der Waals surface area contributed by atoms with E-state index in [-0.39, 0.29) is 10.0 Å². The van der Waals surface area contributed by atoms with Gasteiger partial charge in [-0.3, -0.25) is 0 Å². The summed E-state index contributed by atoms with van der Waals surface area (Å²) in [4.78, 5) is 4.07. The van der Waals surface area contributed by atoms with Crippen LogP contribution in [0.5, 0.6) is 0 Å². The van der Waals surface area contributed by atoms with Crippen LogP contribution in [0.15, 0.2) is 29.3 Å². The highest BCUT2D eigenvalue weighted by atomic mass is 35.5. The van der Waals surface area contributed by atoms with Gasteiger partial charge in [-0.1, -0.05) is 39.0 Å². The van der Waals surface area contributed by atoms with Crippen molar-refractivity contribution in [2.24, 2.45) is 4.99 Å². The molecular weight excluding hydrogens is 217 g/mol. The molecule has 0 amide bonds. The standard InChI is InChI=1S/C11H13Cl2N/c1-11(2,3)8-6-4-5-7-9(8)14-10(12)13/h4-7H,1-3H3. The summed E-state index contributed by atoms with van der Waals surface area (Å²) in [7, 11) is 0. The van der Waals surface area contributed by atoms with Gasteiger partial charge < -0.3 is 0 Å². The minimum absolute atomic E-state index is 0.0432. The monoisotopic (exact) mass is 229 g/mol. The fourth-order valence-corrected chi connectivity index (χ4v) is 1.48. The molecule has 0 N–H and O–H groups in total. The molecule has 0 saturated heterocycles. The normalized spacial score (nSPS) is 11.2. The second kappa shape index (κ2) is 4.33. The number of aliphatic imine (C=N–C) groups is 1. The Hall–Kier alpha value is -0.530. The van der Waals surface area contributed by atoms with E-state index < -0.39 is 0 Å². The number of halogens is 2. The molecule has 1 nitrogen and oxygen atoms in total. The summed E-state index contributed by atoms with van der Waals surface area (Å²) in [6.07, 6.45) is 0. The highest BCUT2D eigenvalue weighted by molar-refractivity contribution is 6.95. The molecule has 0 spiro atoms. The quantitative estimate of drug-likeness (QED) is 0.632. The van der Waals surface area contributed by atoms with Crippen LogP contribution >= 0.6 is 23.2 Å². The third kappa shape index (κ3) is 3.00. The van der Waals surface area contributed by atoms with Crippen LogP contribution in [0.2, 0.25) is 0 Å². The Kier molecular flexibility index (Phi) is 3.57. The maximum atomic E-state index is 5.55. The number of benzene rings is 1. The number of hydrogen-bond acceptors (Lipinski definition) is 1. The van der Waals surface area contributed by atoms with E-state index in [4.69, 9.17) is 23.2 Å². The molecule has 3 heteroatoms. The van der Waals surface area contributed by atoms with Crippen molar-refractivity contribution in [1.82, 2.24) is 0 Å². The molecule has 0 aliphatic rings. The molecule has 76 valence electrons. The van der Waals surface area contributed by atoms with E-state index in [1.807, 2.05) is 24.3 Å². The van der Waals surface area contributed by atoms with Gasteiger partial charge >= 0.3 is 0 Å². The molecule has 0 aliphatic heterocycles. The first-order valence-electron chi connectivity index (χ1n) is 4.40. The predicted molar refractivity (Wildman–Crippen MR) is 63.9 cm³/mol. The fraction of sp³-hybridized carbons (Fsp3) is 0.364. The van der Waals surface area contributed by atoms with Gasteiger partial charge in [0.25, 0.3) is 0 Å². The van der Waals surface area contributed by atoms with Crippen molar-refractivity contribution >= 4 is 33.5 Å². The van der Waals surface area contributed by atoms with E-state index in [9.17, 15) is 0 Å². The first-order chi connectivity index (χ1) is 6.41. The Bertz CT molecular complexity index is 347. The highest BCUT2D eigenvalue weighted by Crippen LogP contribution is 2.31. The van der Waals surface area contributed by atoms with Crippen LogP contribution in [-0.2, 0) is 5.41 Å². The van der Waals surface area contributed by atoms with Gasteiger partial charge in [0.15, 0.2) is 4.63 Å². The molecule has 0 atom stereocenters. The maximum Gasteiger partial charge on any atom is 0.197 e. The summed E-state index contributed by atoms with van der Waals surface area (Å²) in [5.41, 5.74) is 2.02. The lowest BCUT2D eigenvalue weighted by atomic mass is 9.86. The lowest BCUT2D eigenvalue weighted by molar-refractivity contribution is 0.591. The predicted octanol–water partition coefficient (Wildman–Crippen LogP) is 4.45. The van der Waals surface area contributed by atoms with Gasteiger partial charge in [-0.2, -0.15) is 0 Å². The maximum absolute atomic E-state index is 5.55. The topological polar surface area (TPSA) is 12.4 Å². The van der Waals surface area contributed by atoms with E-state index in [1.54, 1.807) is 0 Å². The molecule has 0 aromatic heterocycles. The molecule has 1 aromatic rings. The first kappa shape index (κ1) is 11.5. The summed E-state index contributed by atoms with van der Waals surface area (Å²) in [5, 5.41) is 0. The number of rotatable bonds is 1. The molecule has 0 aliphatic carbocycles. The molecule has 0 bridgehead atoms. The van der Waals surface area contributed by atoms with Crippen LogP contribution in [0.4, 0.5) is 5.69 Å². The van der Waals surface area contributed by atoms with Gasteiger partial charge in [-0.25, -0.2) is 4.99 Å². The summed E-state index contributed by atoms with van der Waals surface area (Å²) >= 11 is 11.1. The minimum atomic E-state index is 0.0432. The summed E-state index contributed by atoms with van der Waals surface area (Å²) < 4.78 is 0.0432. The lowest BCUT2D eigenvalue weighted by Gasteiger charge is -2.20. The second-order valence-corrected chi connectivity index (χ2v) is 5.03. The summed E-state index contributed by atoms with van der Waals surface area (Å²) in [6.45, 7) is 6.39. The van der Waals surface area contributed by atoms with Crippen molar-refractivity contribution in [3.05, 3.63) is 29.8 Å². The second-order valence-electron chi connectivity index (χ2n) is 4.12. The van der Waals surface area contributed by atoms with Crippen LogP contribution in [0.1, 0.15) is 26.3 Å². The van der Waals surface area contributed by atoms with Crippen molar-refractivity contribution < 1.29 is 0 Å². The van der Waals surface area contributed by atoms with Crippen molar-refractivity contribution in [2.75, 3.05) is 0 Å². The molecule has 0 radical (unpaired) electrons. The summed E-state index contributed by atoms with van der Waals surface area (Å²) in [6, 6.07) is 7.85. The Morgan fingerprint density at radius 1 is 1.14 bits per heavy atom. The van der Waals surface area contributed by atoms with Crippen LogP contribution in [0, 0.1) is 0 Å². The number of nitrogens with zero attached hydrogens (tertiary/aromatic N) is 1. The van der Waals surface area contributed by atoms with E-state index in [1.165, 1.54) is 0 Å². The smallest absolute Gasteiger partial charge is 0.197 e. The first-order valence-corrected chi connectivity index (χ1v) is 5.16. The Morgan fingerprint density at radius 2 is 1.71 bits per heavy atom. The van der Waals surface area contributed by atoms with Crippen LogP contribution in [0.3, 0.4) is 0 Å². The highest BCUT2D eigenvalue weighted by Gasteiger charge is 2.16. The van der Waals surface area contributed by atoms with Gasteiger partial charge in [-0.05, 0) is 40.2 Å². The number of hydrogen-bond donors (Lipinski definition) is 0. The van der Waals surface area contributed by atoms with Gasteiger partial charge in [-0.15, -0.1) is 0 Å². The van der Waals surface area contributed by atoms with Crippen molar-refractivity contribution in [1.29, 1.82) is 0 Å². The van der Waals surface area contributed by atoms with Crippen molar-refractivity contribution in [2.45, 2.75) is 26.2 Å². The zero-order chi connectivity index (χ0) is 10.8. The third-order valence-electron chi connectivity index (χ3n) is 1.92. The summed E-state index contributed by atoms with van der Waals surface area (Å²) in [5.74, 6) is 0. The average Bonchev–Trinajstić information content (AvgIpc) is 2.01. The fourth-order valence-electron chi connectivity index (χ4n) is 1.30. The Labute approximate surface area is 94.8 Å². The molecule has 1 aromatic carbocycles. The van der Waals surface area contributed by atoms with Crippen molar-refractivity contribution in [3.63, 3.8) is 0 Å². The zero-order valence-electron chi connectivity index (χ0n) is 8.51. The minimum Gasteiger partial charge on any atom is -0.225 e. The largest absolute Gasteiger partial charge is 0.225 e. The van der Waals surface area contributed by atoms with E-state index in [0.29, 0.717) is 0 Å². The molecule has 0 fully saturated rings. The average molecular weight is 230 g/mol. The Balaban J connectivity index is 3.24. The van der Waals surface area contributed by atoms with E-state index >= 15 is 0 Å². The third-order valence-corrected chi connectivity index (χ3v) is 2.09. The van der Waals surface area contributed by atoms with Gasteiger partial charge in [0.2, 0.25) is 0 Å². The van der Waals surface area contributed by atoms with E-state index in [0.717, 1.165) is 11.3 Å². The number of para-hydroxylation sites is 1. The Morgan fingerprint density at radius 3 is 2.21 bits per heavy atom. The zero-order valence-corrected chi connectivity index (χ0v) is 10.0. The molecule has 1 rings (SSSR count). The van der Waals surface area contributed by atoms with Gasteiger partial charge in [0, 0.05) is 0 Å². The molecule has 0 heterocycles. The van der Waals surface area contributed by atoms with Crippen LogP contribution < -0.4 is 0 Å². The molecule has 0 unspecified atom stereocenters. The SMILES string of the molecule is CC(C)(C)c1ccccc1N=C(Cl)Cl. The lowest BCUT2D eigenvalue weighted by Crippen LogP contribution is -2.11.